The van der Waals surface area contributed by atoms with Crippen molar-refractivity contribution < 1.29 is 35.9 Å². The monoisotopic (exact) mass is 312 g/mol. The summed E-state index contributed by atoms with van der Waals surface area (Å²) < 4.78 is 84.0. The summed E-state index contributed by atoms with van der Waals surface area (Å²) >= 11 is 0. The van der Waals surface area contributed by atoms with E-state index in [0.717, 1.165) is 19.1 Å². The first-order valence-electron chi connectivity index (χ1n) is 5.51. The fourth-order valence-electron chi connectivity index (χ4n) is 1.28. The first-order valence-corrected chi connectivity index (χ1v) is 5.51. The van der Waals surface area contributed by atoms with Crippen molar-refractivity contribution in [1.29, 1.82) is 0 Å². The van der Waals surface area contributed by atoms with Crippen LogP contribution in [0.2, 0.25) is 0 Å². The number of ether oxygens (including phenoxy) is 1. The molecule has 0 radical (unpaired) electrons. The molecule has 0 spiro atoms. The SMILES string of the molecule is C=C(C)C(=O)OC(F)(F)C(F)(F)C(F)(F)c1ccccc1. The van der Waals surface area contributed by atoms with Gasteiger partial charge in [0.1, 0.15) is 0 Å². The second-order valence-electron chi connectivity index (χ2n) is 4.20. The van der Waals surface area contributed by atoms with Crippen molar-refractivity contribution in [1.82, 2.24) is 0 Å². The van der Waals surface area contributed by atoms with Crippen LogP contribution in [0.5, 0.6) is 0 Å². The number of hydrogen-bond donors (Lipinski definition) is 0. The summed E-state index contributed by atoms with van der Waals surface area (Å²) in [5, 5.41) is 0. The van der Waals surface area contributed by atoms with E-state index in [9.17, 15) is 31.1 Å². The quantitative estimate of drug-likeness (QED) is 0.464. The van der Waals surface area contributed by atoms with E-state index in [4.69, 9.17) is 0 Å². The van der Waals surface area contributed by atoms with E-state index in [-0.39, 0.29) is 0 Å². The average Bonchev–Trinajstić information content (AvgIpc) is 2.38. The van der Waals surface area contributed by atoms with E-state index >= 15 is 0 Å². The Kier molecular flexibility index (Phi) is 4.40. The Labute approximate surface area is 116 Å². The molecule has 0 aliphatic heterocycles. The molecule has 0 atom stereocenters. The van der Waals surface area contributed by atoms with Crippen LogP contribution < -0.4 is 0 Å². The van der Waals surface area contributed by atoms with E-state index < -0.39 is 35.1 Å². The van der Waals surface area contributed by atoms with Crippen molar-refractivity contribution in [3.05, 3.63) is 48.0 Å². The molecule has 0 aliphatic rings. The van der Waals surface area contributed by atoms with Gasteiger partial charge in [0.05, 0.1) is 0 Å². The minimum atomic E-state index is -5.94. The van der Waals surface area contributed by atoms with Gasteiger partial charge in [0.2, 0.25) is 0 Å². The standard InChI is InChI=1S/C13H10F6O2/c1-8(2)10(20)21-13(18,19)12(16,17)11(14,15)9-6-4-3-5-7-9/h3-7H,1H2,2H3. The van der Waals surface area contributed by atoms with Crippen LogP contribution in [0.4, 0.5) is 26.3 Å². The lowest BCUT2D eigenvalue weighted by atomic mass is 10.0. The summed E-state index contributed by atoms with van der Waals surface area (Å²) in [5.41, 5.74) is -1.96. The zero-order chi connectivity index (χ0) is 16.5. The van der Waals surface area contributed by atoms with Gasteiger partial charge in [-0.2, -0.15) is 26.3 Å². The second kappa shape index (κ2) is 5.42. The number of benzene rings is 1. The summed E-state index contributed by atoms with van der Waals surface area (Å²) in [6, 6.07) is 4.33. The molecule has 0 aromatic heterocycles. The van der Waals surface area contributed by atoms with E-state index in [0.29, 0.717) is 12.1 Å². The van der Waals surface area contributed by atoms with Gasteiger partial charge in [-0.25, -0.2) is 4.79 Å². The number of carbonyl (C=O) groups excluding carboxylic acids is 1. The molecule has 0 bridgehead atoms. The molecule has 116 valence electrons. The predicted octanol–water partition coefficient (Wildman–Crippen LogP) is 4.13. The molecule has 0 saturated heterocycles. The Morgan fingerprint density at radius 1 is 1.05 bits per heavy atom. The van der Waals surface area contributed by atoms with Crippen LogP contribution >= 0.6 is 0 Å². The summed E-state index contributed by atoms with van der Waals surface area (Å²) in [6.45, 7) is 3.81. The lowest BCUT2D eigenvalue weighted by Crippen LogP contribution is -2.54. The van der Waals surface area contributed by atoms with E-state index in [1.165, 1.54) is 6.07 Å². The van der Waals surface area contributed by atoms with Crippen molar-refractivity contribution in [2.24, 2.45) is 0 Å². The van der Waals surface area contributed by atoms with E-state index in [1.807, 2.05) is 0 Å². The van der Waals surface area contributed by atoms with Gasteiger partial charge in [0.25, 0.3) is 0 Å². The zero-order valence-electron chi connectivity index (χ0n) is 10.7. The minimum Gasteiger partial charge on any atom is -0.393 e. The highest BCUT2D eigenvalue weighted by Gasteiger charge is 2.75. The minimum absolute atomic E-state index is 0.560. The number of hydrogen-bond acceptors (Lipinski definition) is 2. The fraction of sp³-hybridized carbons (Fsp3) is 0.308. The number of alkyl halides is 6. The largest absolute Gasteiger partial charge is 0.473 e. The molecule has 8 heteroatoms. The molecule has 0 unspecified atom stereocenters. The summed E-state index contributed by atoms with van der Waals surface area (Å²) in [4.78, 5) is 10.9. The second-order valence-corrected chi connectivity index (χ2v) is 4.20. The highest BCUT2D eigenvalue weighted by atomic mass is 19.3. The van der Waals surface area contributed by atoms with Gasteiger partial charge in [-0.05, 0) is 6.92 Å². The summed E-state index contributed by atoms with van der Waals surface area (Å²) in [6.07, 6.45) is -5.71. The maximum Gasteiger partial charge on any atom is 0.473 e. The molecular formula is C13H10F6O2. The van der Waals surface area contributed by atoms with Crippen LogP contribution in [-0.4, -0.2) is 18.0 Å². The number of rotatable bonds is 5. The molecule has 0 saturated carbocycles. The highest BCUT2D eigenvalue weighted by molar-refractivity contribution is 5.87. The van der Waals surface area contributed by atoms with Gasteiger partial charge in [-0.1, -0.05) is 36.9 Å². The Bertz CT molecular complexity index is 539. The topological polar surface area (TPSA) is 26.3 Å². The molecule has 0 fully saturated rings. The highest BCUT2D eigenvalue weighted by Crippen LogP contribution is 2.51. The van der Waals surface area contributed by atoms with Gasteiger partial charge in [0.15, 0.2) is 0 Å². The van der Waals surface area contributed by atoms with Crippen molar-refractivity contribution in [2.45, 2.75) is 24.9 Å². The van der Waals surface area contributed by atoms with Crippen LogP contribution in [-0.2, 0) is 15.5 Å². The number of halogens is 6. The van der Waals surface area contributed by atoms with Gasteiger partial charge < -0.3 is 4.74 Å². The summed E-state index contributed by atoms with van der Waals surface area (Å²) in [7, 11) is 0. The molecular weight excluding hydrogens is 302 g/mol. The molecule has 21 heavy (non-hydrogen) atoms. The first-order chi connectivity index (χ1) is 9.43. The van der Waals surface area contributed by atoms with Crippen molar-refractivity contribution in [3.8, 4) is 0 Å². The van der Waals surface area contributed by atoms with Crippen LogP contribution in [0.25, 0.3) is 0 Å². The lowest BCUT2D eigenvalue weighted by molar-refractivity contribution is -0.388. The zero-order valence-corrected chi connectivity index (χ0v) is 10.7. The lowest BCUT2D eigenvalue weighted by Gasteiger charge is -2.31. The van der Waals surface area contributed by atoms with Crippen LogP contribution in [0, 0.1) is 0 Å². The average molecular weight is 312 g/mol. The molecule has 0 heterocycles. The smallest absolute Gasteiger partial charge is 0.393 e. The maximum absolute atomic E-state index is 13.6. The number of esters is 1. The van der Waals surface area contributed by atoms with Crippen LogP contribution in [0.3, 0.4) is 0 Å². The first kappa shape index (κ1) is 17.1. The van der Waals surface area contributed by atoms with Crippen molar-refractivity contribution in [2.75, 3.05) is 0 Å². The number of carbonyl (C=O) groups is 1. The molecule has 1 rings (SSSR count). The van der Waals surface area contributed by atoms with E-state index in [1.54, 1.807) is 0 Å². The Balaban J connectivity index is 3.19. The molecule has 0 N–H and O–H groups in total. The van der Waals surface area contributed by atoms with Gasteiger partial charge >= 0.3 is 23.9 Å². The van der Waals surface area contributed by atoms with Crippen LogP contribution in [0.15, 0.2) is 42.5 Å². The summed E-state index contributed by atoms with van der Waals surface area (Å²) in [5.74, 6) is -13.1. The molecule has 0 amide bonds. The fourth-order valence-corrected chi connectivity index (χ4v) is 1.28. The molecule has 0 aliphatic carbocycles. The normalized spacial score (nSPS) is 12.9. The molecule has 1 aromatic carbocycles. The van der Waals surface area contributed by atoms with Gasteiger partial charge in [-0.15, -0.1) is 0 Å². The predicted molar refractivity (Wildman–Crippen MR) is 61.1 cm³/mol. The Morgan fingerprint density at radius 3 is 1.95 bits per heavy atom. The molecule has 1 aromatic rings. The van der Waals surface area contributed by atoms with Crippen molar-refractivity contribution >= 4 is 5.97 Å². The Morgan fingerprint density at radius 2 is 1.52 bits per heavy atom. The third kappa shape index (κ3) is 3.03. The molecule has 2 nitrogen and oxygen atoms in total. The Hall–Kier alpha value is -1.99. The van der Waals surface area contributed by atoms with Crippen molar-refractivity contribution in [3.63, 3.8) is 0 Å². The third-order valence-corrected chi connectivity index (χ3v) is 2.47. The maximum atomic E-state index is 13.6. The van der Waals surface area contributed by atoms with Gasteiger partial charge in [0, 0.05) is 11.1 Å². The van der Waals surface area contributed by atoms with Crippen LogP contribution in [0.1, 0.15) is 12.5 Å². The third-order valence-electron chi connectivity index (χ3n) is 2.47. The van der Waals surface area contributed by atoms with E-state index in [2.05, 4.69) is 11.3 Å². The van der Waals surface area contributed by atoms with Gasteiger partial charge in [-0.3, -0.25) is 0 Å².